The molecule has 1 aromatic rings. The second-order valence-corrected chi connectivity index (χ2v) is 8.20. The third-order valence-electron chi connectivity index (χ3n) is 4.47. The van der Waals surface area contributed by atoms with Crippen LogP contribution in [-0.2, 0) is 16.0 Å². The maximum atomic E-state index is 12.4. The number of amides is 1. The molecule has 1 aromatic carbocycles. The normalized spacial score (nSPS) is 23.7. The van der Waals surface area contributed by atoms with E-state index in [0.717, 1.165) is 30.1 Å². The zero-order valence-corrected chi connectivity index (χ0v) is 16.4. The van der Waals surface area contributed by atoms with Gasteiger partial charge in [0.05, 0.1) is 25.3 Å². The molecule has 0 spiro atoms. The fourth-order valence-electron chi connectivity index (χ4n) is 3.43. The lowest BCUT2D eigenvalue weighted by Gasteiger charge is -2.37. The van der Waals surface area contributed by atoms with Gasteiger partial charge in [0.25, 0.3) is 0 Å². The van der Waals surface area contributed by atoms with Crippen LogP contribution < -0.4 is 9.64 Å². The molecule has 0 bridgehead atoms. The number of nitrogens with zero attached hydrogens (tertiary/aromatic N) is 2. The molecule has 0 N–H and O–H groups in total. The summed E-state index contributed by atoms with van der Waals surface area (Å²) in [4.78, 5) is 16.4. The van der Waals surface area contributed by atoms with Gasteiger partial charge in [0.2, 0.25) is 0 Å². The van der Waals surface area contributed by atoms with Gasteiger partial charge in [0.15, 0.2) is 0 Å². The molecule has 1 fully saturated rings. The number of hydrogen-bond donors (Lipinski definition) is 0. The SMILES string of the molecule is C[C@@H]1CN(c2ccc3c(c2)OCCN(C(=O)OC(C)(C)C)C3)C[C@H](C)O1. The molecule has 0 aromatic heterocycles. The summed E-state index contributed by atoms with van der Waals surface area (Å²) in [7, 11) is 0. The number of rotatable bonds is 1. The highest BCUT2D eigenvalue weighted by atomic mass is 16.6. The Hall–Kier alpha value is -1.95. The number of anilines is 1. The fourth-order valence-corrected chi connectivity index (χ4v) is 3.43. The summed E-state index contributed by atoms with van der Waals surface area (Å²) in [5.41, 5.74) is 1.64. The largest absolute Gasteiger partial charge is 0.491 e. The lowest BCUT2D eigenvalue weighted by Crippen LogP contribution is -2.45. The van der Waals surface area contributed by atoms with Crippen LogP contribution >= 0.6 is 0 Å². The first-order valence-corrected chi connectivity index (χ1v) is 9.35. The summed E-state index contributed by atoms with van der Waals surface area (Å²) < 4.78 is 17.3. The lowest BCUT2D eigenvalue weighted by molar-refractivity contribution is -0.00523. The van der Waals surface area contributed by atoms with Crippen molar-refractivity contribution in [3.8, 4) is 5.75 Å². The molecule has 26 heavy (non-hydrogen) atoms. The maximum Gasteiger partial charge on any atom is 0.410 e. The number of carbonyl (C=O) groups excluding carboxylic acids is 1. The van der Waals surface area contributed by atoms with Gasteiger partial charge < -0.3 is 24.0 Å². The van der Waals surface area contributed by atoms with Crippen LogP contribution in [-0.4, -0.2) is 55.0 Å². The highest BCUT2D eigenvalue weighted by molar-refractivity contribution is 5.68. The second kappa shape index (κ2) is 7.35. The third kappa shape index (κ3) is 4.61. The molecule has 2 atom stereocenters. The number of benzene rings is 1. The number of ether oxygens (including phenoxy) is 3. The van der Waals surface area contributed by atoms with Crippen LogP contribution in [0.2, 0.25) is 0 Å². The maximum absolute atomic E-state index is 12.4. The molecule has 1 amide bonds. The van der Waals surface area contributed by atoms with Gasteiger partial charge in [-0.05, 0) is 40.7 Å². The van der Waals surface area contributed by atoms with Crippen molar-refractivity contribution in [2.24, 2.45) is 0 Å². The average Bonchev–Trinajstić information content (AvgIpc) is 2.74. The highest BCUT2D eigenvalue weighted by Crippen LogP contribution is 2.30. The minimum absolute atomic E-state index is 0.209. The first-order chi connectivity index (χ1) is 12.2. The van der Waals surface area contributed by atoms with E-state index in [1.54, 1.807) is 4.90 Å². The summed E-state index contributed by atoms with van der Waals surface area (Å²) in [6, 6.07) is 6.24. The van der Waals surface area contributed by atoms with E-state index in [0.29, 0.717) is 19.7 Å². The minimum atomic E-state index is -0.499. The molecule has 0 saturated carbocycles. The standard InChI is InChI=1S/C20H30N2O4/c1-14-11-22(12-15(2)25-14)17-7-6-16-13-21(8-9-24-18(16)10-17)19(23)26-20(3,4)5/h6-7,10,14-15H,8-9,11-13H2,1-5H3/t14-,15+. The number of carbonyl (C=O) groups is 1. The Morgan fingerprint density at radius 3 is 2.54 bits per heavy atom. The van der Waals surface area contributed by atoms with Gasteiger partial charge >= 0.3 is 6.09 Å². The Morgan fingerprint density at radius 2 is 1.88 bits per heavy atom. The van der Waals surface area contributed by atoms with Crippen LogP contribution in [0.3, 0.4) is 0 Å². The Labute approximate surface area is 156 Å². The summed E-state index contributed by atoms with van der Waals surface area (Å²) in [6.07, 6.45) is 0.121. The summed E-state index contributed by atoms with van der Waals surface area (Å²) >= 11 is 0. The zero-order chi connectivity index (χ0) is 18.9. The molecule has 0 unspecified atom stereocenters. The quantitative estimate of drug-likeness (QED) is 0.766. The third-order valence-corrected chi connectivity index (χ3v) is 4.47. The van der Waals surface area contributed by atoms with Gasteiger partial charge in [0, 0.05) is 30.4 Å². The summed E-state index contributed by atoms with van der Waals surface area (Å²) in [6.45, 7) is 13.1. The van der Waals surface area contributed by atoms with E-state index in [1.165, 1.54) is 0 Å². The van der Waals surface area contributed by atoms with E-state index in [9.17, 15) is 4.79 Å². The summed E-state index contributed by atoms with van der Waals surface area (Å²) in [5, 5.41) is 0. The van der Waals surface area contributed by atoms with E-state index >= 15 is 0 Å². The lowest BCUT2D eigenvalue weighted by atomic mass is 10.1. The Morgan fingerprint density at radius 1 is 1.19 bits per heavy atom. The van der Waals surface area contributed by atoms with Gasteiger partial charge in [-0.2, -0.15) is 0 Å². The van der Waals surface area contributed by atoms with Crippen molar-refractivity contribution in [1.82, 2.24) is 4.90 Å². The molecule has 2 heterocycles. The monoisotopic (exact) mass is 362 g/mol. The van der Waals surface area contributed by atoms with Crippen LogP contribution in [0.25, 0.3) is 0 Å². The van der Waals surface area contributed by atoms with Gasteiger partial charge in [0.1, 0.15) is 18.0 Å². The molecule has 1 saturated heterocycles. The zero-order valence-electron chi connectivity index (χ0n) is 16.4. The number of fused-ring (bicyclic) bond motifs is 1. The van der Waals surface area contributed by atoms with Gasteiger partial charge in [-0.1, -0.05) is 6.07 Å². The molecular weight excluding hydrogens is 332 g/mol. The molecule has 144 valence electrons. The van der Waals surface area contributed by atoms with Gasteiger partial charge in [-0.15, -0.1) is 0 Å². The molecule has 2 aliphatic heterocycles. The summed E-state index contributed by atoms with van der Waals surface area (Å²) in [5.74, 6) is 0.848. The number of hydrogen-bond acceptors (Lipinski definition) is 5. The Balaban J connectivity index is 1.74. The van der Waals surface area contributed by atoms with Crippen molar-refractivity contribution in [3.05, 3.63) is 23.8 Å². The van der Waals surface area contributed by atoms with Crippen LogP contribution in [0.1, 0.15) is 40.2 Å². The van der Waals surface area contributed by atoms with Crippen LogP contribution in [0.4, 0.5) is 10.5 Å². The van der Waals surface area contributed by atoms with Crippen molar-refractivity contribution < 1.29 is 19.0 Å². The predicted molar refractivity (Wildman–Crippen MR) is 101 cm³/mol. The smallest absolute Gasteiger partial charge is 0.410 e. The van der Waals surface area contributed by atoms with E-state index in [-0.39, 0.29) is 18.3 Å². The van der Waals surface area contributed by atoms with Crippen molar-refractivity contribution >= 4 is 11.8 Å². The molecule has 3 rings (SSSR count). The van der Waals surface area contributed by atoms with Crippen molar-refractivity contribution in [2.75, 3.05) is 31.1 Å². The van der Waals surface area contributed by atoms with Crippen molar-refractivity contribution in [2.45, 2.75) is 59.0 Å². The predicted octanol–water partition coefficient (Wildman–Crippen LogP) is 3.43. The molecule has 6 heteroatoms. The molecule has 6 nitrogen and oxygen atoms in total. The topological polar surface area (TPSA) is 51.2 Å². The molecule has 0 aliphatic carbocycles. The van der Waals surface area contributed by atoms with Gasteiger partial charge in [-0.3, -0.25) is 0 Å². The van der Waals surface area contributed by atoms with Crippen LogP contribution in [0.5, 0.6) is 5.75 Å². The Kier molecular flexibility index (Phi) is 5.32. The minimum Gasteiger partial charge on any atom is -0.491 e. The highest BCUT2D eigenvalue weighted by Gasteiger charge is 2.27. The number of morpholine rings is 1. The van der Waals surface area contributed by atoms with Gasteiger partial charge in [-0.25, -0.2) is 4.79 Å². The van der Waals surface area contributed by atoms with Crippen LogP contribution in [0.15, 0.2) is 18.2 Å². The first-order valence-electron chi connectivity index (χ1n) is 9.35. The van der Waals surface area contributed by atoms with Crippen LogP contribution in [0, 0.1) is 0 Å². The van der Waals surface area contributed by atoms with E-state index in [2.05, 4.69) is 36.9 Å². The fraction of sp³-hybridized carbons (Fsp3) is 0.650. The van der Waals surface area contributed by atoms with Crippen molar-refractivity contribution in [3.63, 3.8) is 0 Å². The van der Waals surface area contributed by atoms with E-state index in [1.807, 2.05) is 20.8 Å². The van der Waals surface area contributed by atoms with Crippen molar-refractivity contribution in [1.29, 1.82) is 0 Å². The first kappa shape index (κ1) is 18.8. The van der Waals surface area contributed by atoms with E-state index < -0.39 is 5.60 Å². The molecule has 0 radical (unpaired) electrons. The molecule has 2 aliphatic rings. The average molecular weight is 362 g/mol. The van der Waals surface area contributed by atoms with E-state index in [4.69, 9.17) is 14.2 Å². The molecular formula is C20H30N2O4. The Bertz CT molecular complexity index is 646. The second-order valence-electron chi connectivity index (χ2n) is 8.20.